The summed E-state index contributed by atoms with van der Waals surface area (Å²) in [7, 11) is 1.66. The molecule has 0 saturated heterocycles. The van der Waals surface area contributed by atoms with Crippen molar-refractivity contribution >= 4 is 23.2 Å². The highest BCUT2D eigenvalue weighted by molar-refractivity contribution is 6.11. The summed E-state index contributed by atoms with van der Waals surface area (Å²) in [5.74, 6) is 1.21. The Labute approximate surface area is 168 Å². The van der Waals surface area contributed by atoms with E-state index in [2.05, 4.69) is 30.7 Å². The van der Waals surface area contributed by atoms with Crippen LogP contribution in [0.5, 0.6) is 0 Å². The van der Waals surface area contributed by atoms with Gasteiger partial charge in [-0.2, -0.15) is 9.78 Å². The number of hydrogen-bond donors (Lipinski definition) is 3. The first kappa shape index (κ1) is 18.6. The monoisotopic (exact) mass is 390 g/mol. The van der Waals surface area contributed by atoms with E-state index < -0.39 is 0 Å². The standard InChI is InChI=1S/C20H22N8O/c1-12-4-5-13(19(29)26-14-6-7-14)10-16(12)27-18(22-2)15-11-25-28(17(15)21)20-23-8-3-9-24-20/h3-5,8-11,14H,6-7,21H2,1-2H3,(H,22,27)(H,26,29). The molecule has 9 nitrogen and oxygen atoms in total. The van der Waals surface area contributed by atoms with Crippen molar-refractivity contribution in [1.82, 2.24) is 25.1 Å². The molecule has 0 atom stereocenters. The number of nitrogens with zero attached hydrogens (tertiary/aromatic N) is 5. The lowest BCUT2D eigenvalue weighted by Crippen LogP contribution is -2.25. The fraction of sp³-hybridized carbons (Fsp3) is 0.250. The second kappa shape index (κ2) is 7.70. The second-order valence-corrected chi connectivity index (χ2v) is 6.88. The van der Waals surface area contributed by atoms with E-state index in [1.807, 2.05) is 25.1 Å². The zero-order chi connectivity index (χ0) is 20.4. The van der Waals surface area contributed by atoms with Gasteiger partial charge in [-0.15, -0.1) is 0 Å². The molecular formula is C20H22N8O. The van der Waals surface area contributed by atoms with E-state index >= 15 is 0 Å². The van der Waals surface area contributed by atoms with E-state index in [9.17, 15) is 4.79 Å². The fourth-order valence-electron chi connectivity index (χ4n) is 2.87. The van der Waals surface area contributed by atoms with Crippen molar-refractivity contribution in [3.8, 4) is 5.95 Å². The second-order valence-electron chi connectivity index (χ2n) is 6.88. The summed E-state index contributed by atoms with van der Waals surface area (Å²) in [4.78, 5) is 25.0. The van der Waals surface area contributed by atoms with Gasteiger partial charge in [-0.1, -0.05) is 6.07 Å². The number of nitrogen functional groups attached to an aromatic ring is 1. The van der Waals surface area contributed by atoms with Crippen molar-refractivity contribution < 1.29 is 4.79 Å². The van der Waals surface area contributed by atoms with E-state index in [-0.39, 0.29) is 5.91 Å². The molecule has 3 aromatic rings. The van der Waals surface area contributed by atoms with E-state index in [4.69, 9.17) is 5.73 Å². The minimum atomic E-state index is -0.0703. The molecule has 1 amide bonds. The zero-order valence-corrected chi connectivity index (χ0v) is 16.3. The molecule has 4 rings (SSSR count). The van der Waals surface area contributed by atoms with Crippen molar-refractivity contribution in [3.63, 3.8) is 0 Å². The number of benzene rings is 1. The Balaban J connectivity index is 1.60. The molecule has 0 radical (unpaired) electrons. The maximum atomic E-state index is 12.4. The number of carbonyl (C=O) groups is 1. The third kappa shape index (κ3) is 3.93. The van der Waals surface area contributed by atoms with Gasteiger partial charge in [0, 0.05) is 36.7 Å². The zero-order valence-electron chi connectivity index (χ0n) is 16.3. The molecule has 148 valence electrons. The number of anilines is 2. The van der Waals surface area contributed by atoms with Crippen LogP contribution in [-0.4, -0.2) is 44.6 Å². The Kier molecular flexibility index (Phi) is 4.94. The average Bonchev–Trinajstić information content (AvgIpc) is 3.47. The minimum Gasteiger partial charge on any atom is -0.383 e. The largest absolute Gasteiger partial charge is 0.383 e. The van der Waals surface area contributed by atoms with Gasteiger partial charge in [-0.3, -0.25) is 9.79 Å². The van der Waals surface area contributed by atoms with Crippen molar-refractivity contribution in [1.29, 1.82) is 0 Å². The summed E-state index contributed by atoms with van der Waals surface area (Å²) in [5.41, 5.74) is 9.25. The Hall–Kier alpha value is -3.75. The van der Waals surface area contributed by atoms with Crippen LogP contribution < -0.4 is 16.4 Å². The van der Waals surface area contributed by atoms with E-state index in [0.717, 1.165) is 24.1 Å². The summed E-state index contributed by atoms with van der Waals surface area (Å²) >= 11 is 0. The number of nitrogens with one attached hydrogen (secondary N) is 2. The molecule has 1 fully saturated rings. The van der Waals surface area contributed by atoms with Crippen molar-refractivity contribution in [2.75, 3.05) is 18.1 Å². The number of hydrogen-bond acceptors (Lipinski definition) is 6. The Bertz CT molecular complexity index is 1070. The number of aromatic nitrogens is 4. The Morgan fingerprint density at radius 3 is 2.72 bits per heavy atom. The predicted octanol–water partition coefficient (Wildman–Crippen LogP) is 1.93. The molecule has 0 unspecified atom stereocenters. The molecule has 0 bridgehead atoms. The maximum Gasteiger partial charge on any atom is 0.252 e. The Morgan fingerprint density at radius 2 is 2.03 bits per heavy atom. The van der Waals surface area contributed by atoms with Gasteiger partial charge in [-0.05, 0) is 43.5 Å². The first-order valence-electron chi connectivity index (χ1n) is 9.33. The summed E-state index contributed by atoms with van der Waals surface area (Å²) in [6.45, 7) is 1.96. The molecule has 1 aliphatic carbocycles. The Morgan fingerprint density at radius 1 is 1.28 bits per heavy atom. The molecule has 0 aliphatic heterocycles. The van der Waals surface area contributed by atoms with Crippen LogP contribution in [0.4, 0.5) is 11.5 Å². The molecule has 2 aromatic heterocycles. The van der Waals surface area contributed by atoms with Crippen LogP contribution in [0.25, 0.3) is 5.95 Å². The van der Waals surface area contributed by atoms with E-state index in [1.54, 1.807) is 31.7 Å². The SMILES string of the molecule is CN=C(Nc1cc(C(=O)NC2CC2)ccc1C)c1cnn(-c2ncccn2)c1N. The quantitative estimate of drug-likeness (QED) is 0.452. The van der Waals surface area contributed by atoms with Gasteiger partial charge in [0.15, 0.2) is 0 Å². The van der Waals surface area contributed by atoms with Crippen molar-refractivity contribution in [2.24, 2.45) is 4.99 Å². The number of amidine groups is 1. The number of aliphatic imine (C=N–C) groups is 1. The van der Waals surface area contributed by atoms with Crippen LogP contribution in [0.3, 0.4) is 0 Å². The summed E-state index contributed by atoms with van der Waals surface area (Å²) in [5, 5.41) is 10.6. The molecular weight excluding hydrogens is 368 g/mol. The van der Waals surface area contributed by atoms with Gasteiger partial charge < -0.3 is 16.4 Å². The predicted molar refractivity (Wildman–Crippen MR) is 111 cm³/mol. The third-order valence-corrected chi connectivity index (χ3v) is 4.69. The van der Waals surface area contributed by atoms with Crippen molar-refractivity contribution in [3.05, 3.63) is 59.5 Å². The van der Waals surface area contributed by atoms with Crippen LogP contribution in [0.2, 0.25) is 0 Å². The van der Waals surface area contributed by atoms with Crippen LogP contribution in [0.1, 0.15) is 34.3 Å². The smallest absolute Gasteiger partial charge is 0.252 e. The maximum absolute atomic E-state index is 12.4. The topological polar surface area (TPSA) is 123 Å². The highest BCUT2D eigenvalue weighted by atomic mass is 16.1. The number of carbonyl (C=O) groups excluding carboxylic acids is 1. The highest BCUT2D eigenvalue weighted by Gasteiger charge is 2.24. The molecule has 2 heterocycles. The number of rotatable bonds is 5. The average molecular weight is 390 g/mol. The third-order valence-electron chi connectivity index (χ3n) is 4.69. The summed E-state index contributed by atoms with van der Waals surface area (Å²) in [6.07, 6.45) is 6.95. The lowest BCUT2D eigenvalue weighted by molar-refractivity contribution is 0.0951. The first-order valence-corrected chi connectivity index (χ1v) is 9.33. The fourth-order valence-corrected chi connectivity index (χ4v) is 2.87. The lowest BCUT2D eigenvalue weighted by Gasteiger charge is -2.13. The van der Waals surface area contributed by atoms with Gasteiger partial charge in [0.1, 0.15) is 11.7 Å². The summed E-state index contributed by atoms with van der Waals surface area (Å²) < 4.78 is 1.45. The molecule has 29 heavy (non-hydrogen) atoms. The van der Waals surface area contributed by atoms with Crippen LogP contribution in [0, 0.1) is 6.92 Å². The molecule has 9 heteroatoms. The number of nitrogens with two attached hydrogens (primary N) is 1. The first-order chi connectivity index (χ1) is 14.1. The van der Waals surface area contributed by atoms with Gasteiger partial charge in [-0.25, -0.2) is 9.97 Å². The molecule has 1 saturated carbocycles. The van der Waals surface area contributed by atoms with Gasteiger partial charge in [0.2, 0.25) is 0 Å². The van der Waals surface area contributed by atoms with Crippen molar-refractivity contribution in [2.45, 2.75) is 25.8 Å². The summed E-state index contributed by atoms with van der Waals surface area (Å²) in [6, 6.07) is 7.57. The van der Waals surface area contributed by atoms with Gasteiger partial charge in [0.05, 0.1) is 11.8 Å². The number of aryl methyl sites for hydroxylation is 1. The lowest BCUT2D eigenvalue weighted by atomic mass is 10.1. The van der Waals surface area contributed by atoms with E-state index in [0.29, 0.717) is 34.8 Å². The molecule has 1 aromatic carbocycles. The van der Waals surface area contributed by atoms with Gasteiger partial charge in [0.25, 0.3) is 11.9 Å². The minimum absolute atomic E-state index is 0.0703. The molecule has 0 spiro atoms. The molecule has 4 N–H and O–H groups in total. The normalized spacial score (nSPS) is 13.9. The van der Waals surface area contributed by atoms with Crippen LogP contribution >= 0.6 is 0 Å². The number of amides is 1. The van der Waals surface area contributed by atoms with Crippen LogP contribution in [0.15, 0.2) is 47.8 Å². The van der Waals surface area contributed by atoms with E-state index in [1.165, 1.54) is 4.68 Å². The van der Waals surface area contributed by atoms with Gasteiger partial charge >= 0.3 is 0 Å². The highest BCUT2D eigenvalue weighted by Crippen LogP contribution is 2.23. The van der Waals surface area contributed by atoms with Crippen LogP contribution in [-0.2, 0) is 0 Å². The molecule has 1 aliphatic rings.